The van der Waals surface area contributed by atoms with Gasteiger partial charge in [-0.05, 0) is 18.4 Å². The van der Waals surface area contributed by atoms with Gasteiger partial charge in [-0.15, -0.1) is 11.8 Å². The Bertz CT molecular complexity index is 487. The molecule has 5 heteroatoms. The van der Waals surface area contributed by atoms with Crippen LogP contribution in [0.25, 0.3) is 10.9 Å². The van der Waals surface area contributed by atoms with Crippen LogP contribution in [0, 0.1) is 0 Å². The zero-order valence-corrected chi connectivity index (χ0v) is 9.62. The zero-order chi connectivity index (χ0) is 10.1. The summed E-state index contributed by atoms with van der Waals surface area (Å²) >= 11 is 13.5. The van der Waals surface area contributed by atoms with Gasteiger partial charge in [-0.1, -0.05) is 23.2 Å². The molecule has 0 aliphatic carbocycles. The highest BCUT2D eigenvalue weighted by Crippen LogP contribution is 2.31. The van der Waals surface area contributed by atoms with Crippen molar-refractivity contribution < 1.29 is 0 Å². The van der Waals surface area contributed by atoms with Crippen molar-refractivity contribution in [2.24, 2.45) is 0 Å². The van der Waals surface area contributed by atoms with Gasteiger partial charge in [0.05, 0.1) is 10.5 Å². The molecule has 0 saturated carbocycles. The third-order valence-electron chi connectivity index (χ3n) is 1.86. The van der Waals surface area contributed by atoms with Crippen LogP contribution >= 0.6 is 35.0 Å². The highest BCUT2D eigenvalue weighted by molar-refractivity contribution is 7.98. The summed E-state index contributed by atoms with van der Waals surface area (Å²) in [4.78, 5) is 8.99. The van der Waals surface area contributed by atoms with E-state index in [0.29, 0.717) is 10.2 Å². The molecule has 14 heavy (non-hydrogen) atoms. The zero-order valence-electron chi connectivity index (χ0n) is 7.29. The van der Waals surface area contributed by atoms with Crippen LogP contribution in [0.3, 0.4) is 0 Å². The molecule has 2 rings (SSSR count). The van der Waals surface area contributed by atoms with Crippen molar-refractivity contribution in [2.45, 2.75) is 4.90 Å². The van der Waals surface area contributed by atoms with Crippen molar-refractivity contribution >= 4 is 45.9 Å². The molecule has 2 nitrogen and oxygen atoms in total. The largest absolute Gasteiger partial charge is 0.236 e. The summed E-state index contributed by atoms with van der Waals surface area (Å²) < 4.78 is 0. The molecule has 0 saturated heterocycles. The fourth-order valence-electron chi connectivity index (χ4n) is 1.18. The maximum absolute atomic E-state index is 6.03. The lowest BCUT2D eigenvalue weighted by molar-refractivity contribution is 1.22. The van der Waals surface area contributed by atoms with Crippen molar-refractivity contribution in [2.75, 3.05) is 6.26 Å². The number of halogens is 2. The van der Waals surface area contributed by atoms with Crippen LogP contribution in [-0.2, 0) is 0 Å². The molecule has 0 fully saturated rings. The predicted molar refractivity (Wildman–Crippen MR) is 61.3 cm³/mol. The lowest BCUT2D eigenvalue weighted by atomic mass is 10.2. The van der Waals surface area contributed by atoms with Gasteiger partial charge in [-0.25, -0.2) is 9.97 Å². The Morgan fingerprint density at radius 1 is 1.21 bits per heavy atom. The first-order chi connectivity index (χ1) is 6.72. The summed E-state index contributed by atoms with van der Waals surface area (Å²) in [5.41, 5.74) is 0.771. The second-order valence-electron chi connectivity index (χ2n) is 2.67. The first kappa shape index (κ1) is 10.0. The SMILES string of the molecule is CSc1cc2c(Cl)ncnc2cc1Cl. The molecular weight excluding hydrogens is 239 g/mol. The van der Waals surface area contributed by atoms with E-state index in [1.807, 2.05) is 12.3 Å². The van der Waals surface area contributed by atoms with E-state index in [4.69, 9.17) is 23.2 Å². The van der Waals surface area contributed by atoms with Gasteiger partial charge in [0, 0.05) is 10.3 Å². The van der Waals surface area contributed by atoms with E-state index in [2.05, 4.69) is 9.97 Å². The van der Waals surface area contributed by atoms with Crippen molar-refractivity contribution in [3.8, 4) is 0 Å². The first-order valence-corrected chi connectivity index (χ1v) is 5.84. The lowest BCUT2D eigenvalue weighted by Crippen LogP contribution is -1.85. The minimum Gasteiger partial charge on any atom is -0.236 e. The fraction of sp³-hybridized carbons (Fsp3) is 0.111. The van der Waals surface area contributed by atoms with E-state index >= 15 is 0 Å². The number of fused-ring (bicyclic) bond motifs is 1. The van der Waals surface area contributed by atoms with Gasteiger partial charge in [0.1, 0.15) is 11.5 Å². The van der Waals surface area contributed by atoms with Crippen LogP contribution in [0.4, 0.5) is 0 Å². The Kier molecular flexibility index (Phi) is 2.81. The number of rotatable bonds is 1. The maximum Gasteiger partial charge on any atom is 0.140 e. The Labute approximate surface area is 95.6 Å². The monoisotopic (exact) mass is 244 g/mol. The van der Waals surface area contributed by atoms with Crippen molar-refractivity contribution in [3.05, 3.63) is 28.6 Å². The van der Waals surface area contributed by atoms with Crippen LogP contribution in [0.5, 0.6) is 0 Å². The minimum absolute atomic E-state index is 0.460. The molecule has 1 heterocycles. The third-order valence-corrected chi connectivity index (χ3v) is 3.36. The second kappa shape index (κ2) is 3.93. The molecule has 1 aromatic heterocycles. The molecule has 0 atom stereocenters. The number of nitrogens with zero attached hydrogens (tertiary/aromatic N) is 2. The normalized spacial score (nSPS) is 10.8. The topological polar surface area (TPSA) is 25.8 Å². The minimum atomic E-state index is 0.460. The summed E-state index contributed by atoms with van der Waals surface area (Å²) in [5.74, 6) is 0. The molecule has 0 aliphatic rings. The second-order valence-corrected chi connectivity index (χ2v) is 4.28. The molecule has 0 radical (unpaired) electrons. The standard InChI is InChI=1S/C9H6Cl2N2S/c1-14-8-2-5-7(3-6(8)10)12-4-13-9(5)11/h2-4H,1H3. The van der Waals surface area contributed by atoms with E-state index in [0.717, 1.165) is 15.8 Å². The van der Waals surface area contributed by atoms with E-state index in [1.165, 1.54) is 6.33 Å². The average Bonchev–Trinajstić information content (AvgIpc) is 2.17. The van der Waals surface area contributed by atoms with Gasteiger partial charge in [-0.3, -0.25) is 0 Å². The summed E-state index contributed by atoms with van der Waals surface area (Å²) in [7, 11) is 0. The molecule has 0 aliphatic heterocycles. The van der Waals surface area contributed by atoms with Crippen LogP contribution in [0.1, 0.15) is 0 Å². The number of benzene rings is 1. The number of hydrogen-bond donors (Lipinski definition) is 0. The molecule has 0 amide bonds. The quantitative estimate of drug-likeness (QED) is 0.566. The highest BCUT2D eigenvalue weighted by atomic mass is 35.5. The summed E-state index contributed by atoms with van der Waals surface area (Å²) in [5, 5.41) is 1.99. The van der Waals surface area contributed by atoms with Gasteiger partial charge < -0.3 is 0 Å². The van der Waals surface area contributed by atoms with Gasteiger partial charge in [0.2, 0.25) is 0 Å². The molecule has 0 N–H and O–H groups in total. The number of thioether (sulfide) groups is 1. The highest BCUT2D eigenvalue weighted by Gasteiger charge is 2.06. The summed E-state index contributed by atoms with van der Waals surface area (Å²) in [6.45, 7) is 0. The Morgan fingerprint density at radius 2 is 2.00 bits per heavy atom. The van der Waals surface area contributed by atoms with Crippen LogP contribution in [0.2, 0.25) is 10.2 Å². The van der Waals surface area contributed by atoms with Gasteiger partial charge in [0.15, 0.2) is 0 Å². The molecule has 1 aromatic carbocycles. The van der Waals surface area contributed by atoms with Gasteiger partial charge in [-0.2, -0.15) is 0 Å². The average molecular weight is 245 g/mol. The van der Waals surface area contributed by atoms with Gasteiger partial charge in [0.25, 0.3) is 0 Å². The lowest BCUT2D eigenvalue weighted by Gasteiger charge is -2.03. The molecule has 0 unspecified atom stereocenters. The number of hydrogen-bond acceptors (Lipinski definition) is 3. The van der Waals surface area contributed by atoms with Crippen molar-refractivity contribution in [1.82, 2.24) is 9.97 Å². The summed E-state index contributed by atoms with van der Waals surface area (Å²) in [6, 6.07) is 3.71. The Hall–Kier alpha value is -0.510. The van der Waals surface area contributed by atoms with Gasteiger partial charge >= 0.3 is 0 Å². The van der Waals surface area contributed by atoms with Crippen molar-refractivity contribution in [1.29, 1.82) is 0 Å². The number of aromatic nitrogens is 2. The Balaban J connectivity index is 2.80. The van der Waals surface area contributed by atoms with E-state index in [1.54, 1.807) is 17.8 Å². The molecule has 0 spiro atoms. The van der Waals surface area contributed by atoms with Crippen molar-refractivity contribution in [3.63, 3.8) is 0 Å². The van der Waals surface area contributed by atoms with Crippen LogP contribution in [-0.4, -0.2) is 16.2 Å². The smallest absolute Gasteiger partial charge is 0.140 e. The molecular formula is C9H6Cl2N2S. The fourth-order valence-corrected chi connectivity index (χ4v) is 2.26. The molecule has 72 valence electrons. The Morgan fingerprint density at radius 3 is 2.71 bits per heavy atom. The van der Waals surface area contributed by atoms with Crippen LogP contribution < -0.4 is 0 Å². The molecule has 0 bridgehead atoms. The van der Waals surface area contributed by atoms with E-state index < -0.39 is 0 Å². The summed E-state index contributed by atoms with van der Waals surface area (Å²) in [6.07, 6.45) is 3.39. The molecule has 2 aromatic rings. The van der Waals surface area contributed by atoms with Crippen LogP contribution in [0.15, 0.2) is 23.4 Å². The first-order valence-electron chi connectivity index (χ1n) is 3.86. The maximum atomic E-state index is 6.03. The van der Waals surface area contributed by atoms with E-state index in [-0.39, 0.29) is 0 Å². The predicted octanol–water partition coefficient (Wildman–Crippen LogP) is 3.66. The van der Waals surface area contributed by atoms with E-state index in [9.17, 15) is 0 Å². The third kappa shape index (κ3) is 1.67.